The molecule has 0 spiro atoms. The van der Waals surface area contributed by atoms with Crippen LogP contribution in [0.1, 0.15) is 20.3 Å². The van der Waals surface area contributed by atoms with Crippen molar-refractivity contribution in [2.45, 2.75) is 32.9 Å². The van der Waals surface area contributed by atoms with Crippen LogP contribution < -0.4 is 0 Å². The van der Waals surface area contributed by atoms with Gasteiger partial charge in [-0.2, -0.15) is 0 Å². The molecule has 1 atom stereocenters. The molecule has 15 heavy (non-hydrogen) atoms. The zero-order valence-electron chi connectivity index (χ0n) is 9.96. The minimum Gasteiger partial charge on any atom is -0.464 e. The molecule has 0 aliphatic carbocycles. The summed E-state index contributed by atoms with van der Waals surface area (Å²) in [6.45, 7) is 6.19. The van der Waals surface area contributed by atoms with Crippen molar-refractivity contribution in [1.29, 1.82) is 0 Å². The Morgan fingerprint density at radius 3 is 2.33 bits per heavy atom. The molecule has 0 heterocycles. The van der Waals surface area contributed by atoms with E-state index in [1.165, 1.54) is 0 Å². The van der Waals surface area contributed by atoms with E-state index in [1.807, 2.05) is 6.55 Å². The number of hydrogen-bond acceptors (Lipinski definition) is 4. The van der Waals surface area contributed by atoms with Crippen LogP contribution in [0.2, 0.25) is 12.6 Å². The molecule has 0 aliphatic rings. The molecule has 0 bridgehead atoms. The van der Waals surface area contributed by atoms with Gasteiger partial charge in [-0.15, -0.1) is 0 Å². The molecule has 0 rings (SSSR count). The van der Waals surface area contributed by atoms with Gasteiger partial charge >= 0.3 is 14.5 Å². The Labute approximate surface area is 92.3 Å². The van der Waals surface area contributed by atoms with E-state index in [4.69, 9.17) is 13.6 Å². The van der Waals surface area contributed by atoms with Crippen molar-refractivity contribution in [3.05, 3.63) is 0 Å². The summed E-state index contributed by atoms with van der Waals surface area (Å²) in [5.74, 6) is -0.320. The zero-order valence-corrected chi connectivity index (χ0v) is 11.0. The van der Waals surface area contributed by atoms with Crippen LogP contribution in [-0.2, 0) is 18.4 Å². The van der Waals surface area contributed by atoms with Crippen molar-refractivity contribution in [2.75, 3.05) is 20.3 Å². The fourth-order valence-electron chi connectivity index (χ4n) is 1.10. The van der Waals surface area contributed by atoms with Gasteiger partial charge in [0.25, 0.3) is 0 Å². The monoisotopic (exact) mass is 238 g/mol. The minimum atomic E-state index is -2.12. The van der Waals surface area contributed by atoms with Crippen LogP contribution in [0.3, 0.4) is 0 Å². The fraction of sp³-hybridized carbons (Fsp3) is 0.889. The molecule has 1 unspecified atom stereocenters. The van der Waals surface area contributed by atoms with Gasteiger partial charge in [-0.25, -0.2) is 4.79 Å². The molecule has 92 valence electrons. The SMILES string of the molecule is CCC[Si](C)(OC)OCC(=O)OCC.O. The quantitative estimate of drug-likeness (QED) is 0.487. The van der Waals surface area contributed by atoms with Gasteiger partial charge in [0.1, 0.15) is 6.61 Å². The zero-order chi connectivity index (χ0) is 11.0. The van der Waals surface area contributed by atoms with Crippen LogP contribution >= 0.6 is 0 Å². The van der Waals surface area contributed by atoms with E-state index in [2.05, 4.69) is 6.92 Å². The van der Waals surface area contributed by atoms with Crippen LogP contribution in [0, 0.1) is 0 Å². The lowest BCUT2D eigenvalue weighted by atomic mass is 10.6. The van der Waals surface area contributed by atoms with Crippen molar-refractivity contribution in [1.82, 2.24) is 0 Å². The van der Waals surface area contributed by atoms with Gasteiger partial charge in [0.15, 0.2) is 0 Å². The first-order valence-electron chi connectivity index (χ1n) is 4.92. The number of carbonyl (C=O) groups excluding carboxylic acids is 1. The highest BCUT2D eigenvalue weighted by atomic mass is 28.4. The fourth-order valence-corrected chi connectivity index (χ4v) is 2.90. The number of esters is 1. The first-order valence-corrected chi connectivity index (χ1v) is 7.45. The van der Waals surface area contributed by atoms with Gasteiger partial charge in [-0.3, -0.25) is 0 Å². The van der Waals surface area contributed by atoms with Gasteiger partial charge < -0.3 is 19.1 Å². The van der Waals surface area contributed by atoms with E-state index < -0.39 is 8.56 Å². The van der Waals surface area contributed by atoms with Crippen molar-refractivity contribution in [3.8, 4) is 0 Å². The normalized spacial score (nSPS) is 13.9. The smallest absolute Gasteiger partial charge is 0.335 e. The summed E-state index contributed by atoms with van der Waals surface area (Å²) in [5.41, 5.74) is 0. The largest absolute Gasteiger partial charge is 0.464 e. The Kier molecular flexibility index (Phi) is 10.0. The Morgan fingerprint density at radius 2 is 1.93 bits per heavy atom. The molecule has 0 fully saturated rings. The highest BCUT2D eigenvalue weighted by Crippen LogP contribution is 2.14. The first kappa shape index (κ1) is 17.0. The highest BCUT2D eigenvalue weighted by Gasteiger charge is 2.29. The van der Waals surface area contributed by atoms with E-state index in [0.29, 0.717) is 6.61 Å². The van der Waals surface area contributed by atoms with Crippen molar-refractivity contribution >= 4 is 14.5 Å². The topological polar surface area (TPSA) is 76.3 Å². The lowest BCUT2D eigenvalue weighted by Crippen LogP contribution is -2.39. The van der Waals surface area contributed by atoms with Crippen molar-refractivity contribution in [2.24, 2.45) is 0 Å². The maximum atomic E-state index is 11.0. The third kappa shape index (κ3) is 7.49. The standard InChI is InChI=1S/C9H20O4Si.H2O/c1-5-7-14(4,11-3)13-8-9(10)12-6-2;/h5-8H2,1-4H3;1H2. The van der Waals surface area contributed by atoms with Gasteiger partial charge in [0, 0.05) is 7.11 Å². The average Bonchev–Trinajstić information content (AvgIpc) is 2.16. The molecule has 0 amide bonds. The van der Waals surface area contributed by atoms with Crippen molar-refractivity contribution in [3.63, 3.8) is 0 Å². The molecule has 0 aromatic carbocycles. The molecule has 2 N–H and O–H groups in total. The van der Waals surface area contributed by atoms with Gasteiger partial charge in [0.2, 0.25) is 0 Å². The molecule has 0 saturated carbocycles. The van der Waals surface area contributed by atoms with E-state index in [-0.39, 0.29) is 18.1 Å². The third-order valence-electron chi connectivity index (χ3n) is 1.94. The second-order valence-electron chi connectivity index (χ2n) is 3.18. The molecule has 0 aliphatic heterocycles. The summed E-state index contributed by atoms with van der Waals surface area (Å²) in [7, 11) is -0.484. The van der Waals surface area contributed by atoms with Gasteiger partial charge in [0.05, 0.1) is 6.61 Å². The maximum Gasteiger partial charge on any atom is 0.335 e. The summed E-state index contributed by atoms with van der Waals surface area (Å²) >= 11 is 0. The molecule has 0 radical (unpaired) electrons. The van der Waals surface area contributed by atoms with Crippen LogP contribution in [0.5, 0.6) is 0 Å². The Balaban J connectivity index is 0. The number of ether oxygens (including phenoxy) is 1. The summed E-state index contributed by atoms with van der Waals surface area (Å²) in [4.78, 5) is 11.0. The second-order valence-corrected chi connectivity index (χ2v) is 6.65. The predicted molar refractivity (Wildman–Crippen MR) is 59.9 cm³/mol. The maximum absolute atomic E-state index is 11.0. The van der Waals surface area contributed by atoms with E-state index in [1.54, 1.807) is 14.0 Å². The lowest BCUT2D eigenvalue weighted by molar-refractivity contribution is -0.146. The van der Waals surface area contributed by atoms with Crippen LogP contribution in [0.4, 0.5) is 0 Å². The van der Waals surface area contributed by atoms with Crippen LogP contribution in [-0.4, -0.2) is 40.3 Å². The third-order valence-corrected chi connectivity index (χ3v) is 4.96. The molecule has 0 aromatic rings. The van der Waals surface area contributed by atoms with Crippen LogP contribution in [0.15, 0.2) is 0 Å². The van der Waals surface area contributed by atoms with Crippen LogP contribution in [0.25, 0.3) is 0 Å². The van der Waals surface area contributed by atoms with E-state index in [9.17, 15) is 4.79 Å². The minimum absolute atomic E-state index is 0. The summed E-state index contributed by atoms with van der Waals surface area (Å²) in [6.07, 6.45) is 0.999. The summed E-state index contributed by atoms with van der Waals surface area (Å²) < 4.78 is 15.6. The summed E-state index contributed by atoms with van der Waals surface area (Å²) in [5, 5.41) is 0. The van der Waals surface area contributed by atoms with Crippen molar-refractivity contribution < 1.29 is 23.9 Å². The molecular formula is C9H22O5Si. The molecule has 6 heteroatoms. The number of rotatable bonds is 7. The molecule has 0 saturated heterocycles. The molecular weight excluding hydrogens is 216 g/mol. The lowest BCUT2D eigenvalue weighted by Gasteiger charge is -2.23. The second kappa shape index (κ2) is 8.84. The van der Waals surface area contributed by atoms with E-state index in [0.717, 1.165) is 12.5 Å². The average molecular weight is 238 g/mol. The Hall–Kier alpha value is -0.433. The van der Waals surface area contributed by atoms with Gasteiger partial charge in [-0.1, -0.05) is 13.3 Å². The van der Waals surface area contributed by atoms with Gasteiger partial charge in [-0.05, 0) is 19.5 Å². The molecule has 0 aromatic heterocycles. The first-order chi connectivity index (χ1) is 6.58. The number of hydrogen-bond donors (Lipinski definition) is 0. The predicted octanol–water partition coefficient (Wildman–Crippen LogP) is 0.870. The Morgan fingerprint density at radius 1 is 1.33 bits per heavy atom. The number of carbonyl (C=O) groups is 1. The Bertz CT molecular complexity index is 176. The highest BCUT2D eigenvalue weighted by molar-refractivity contribution is 6.66. The summed E-state index contributed by atoms with van der Waals surface area (Å²) in [6, 6.07) is 0.892. The molecule has 5 nitrogen and oxygen atoms in total. The van der Waals surface area contributed by atoms with E-state index >= 15 is 0 Å².